The summed E-state index contributed by atoms with van der Waals surface area (Å²) in [5.74, 6) is 0.833. The maximum absolute atomic E-state index is 2.25. The van der Waals surface area contributed by atoms with E-state index in [1.807, 2.05) is 26.0 Å². The fourth-order valence-electron chi connectivity index (χ4n) is 0.224. The molecule has 0 amide bonds. The second kappa shape index (κ2) is 23.0. The van der Waals surface area contributed by atoms with E-state index in [0.717, 1.165) is 25.6 Å². The lowest BCUT2D eigenvalue weighted by atomic mass is 10.3. The van der Waals surface area contributed by atoms with Gasteiger partial charge in [-0.15, -0.1) is 0 Å². The second-order valence-corrected chi connectivity index (χ2v) is 5.96. The highest BCUT2D eigenvalue weighted by atomic mass is 15.1. The zero-order chi connectivity index (χ0) is 16.4. The van der Waals surface area contributed by atoms with Crippen LogP contribution in [-0.4, -0.2) is 76.6 Å². The normalized spacial score (nSPS) is 9.47. The van der Waals surface area contributed by atoms with Gasteiger partial charge in [-0.2, -0.15) is 0 Å². The molecule has 3 heteroatoms. The summed E-state index contributed by atoms with van der Waals surface area (Å²) in [4.78, 5) is 6.38. The Kier molecular flexibility index (Phi) is 33.0. The second-order valence-electron chi connectivity index (χ2n) is 5.96. The first-order valence-electron chi connectivity index (χ1n) is 7.49. The third-order valence-electron chi connectivity index (χ3n) is 1.71. The molecule has 0 aromatic heterocycles. The smallest absolute Gasteiger partial charge is 0.00504 e. The number of hydrogen-bond donors (Lipinski definition) is 0. The van der Waals surface area contributed by atoms with Crippen LogP contribution in [0.2, 0.25) is 0 Å². The Morgan fingerprint density at radius 1 is 0.632 bits per heavy atom. The van der Waals surface area contributed by atoms with Crippen molar-refractivity contribution < 1.29 is 0 Å². The molecular weight excluding hydrogens is 234 g/mol. The third-order valence-corrected chi connectivity index (χ3v) is 1.71. The first-order valence-corrected chi connectivity index (χ1v) is 7.49. The highest BCUT2D eigenvalue weighted by Gasteiger charge is 1.81. The lowest BCUT2D eigenvalue weighted by molar-refractivity contribution is 0.373. The van der Waals surface area contributed by atoms with E-state index in [1.54, 1.807) is 0 Å². The van der Waals surface area contributed by atoms with Crippen molar-refractivity contribution in [3.63, 3.8) is 0 Å². The number of nitrogens with zero attached hydrogens (tertiary/aromatic N) is 3. The summed E-state index contributed by atoms with van der Waals surface area (Å²) in [6.45, 7) is 16.4. The van der Waals surface area contributed by atoms with Gasteiger partial charge in [0.15, 0.2) is 0 Å². The van der Waals surface area contributed by atoms with Gasteiger partial charge in [-0.25, -0.2) is 0 Å². The molecule has 122 valence electrons. The Labute approximate surface area is 125 Å². The molecule has 0 atom stereocenters. The van der Waals surface area contributed by atoms with Gasteiger partial charge in [0, 0.05) is 0 Å². The molecule has 0 N–H and O–H groups in total. The Morgan fingerprint density at radius 3 is 0.789 bits per heavy atom. The molecule has 0 aromatic rings. The van der Waals surface area contributed by atoms with Crippen molar-refractivity contribution in [3.05, 3.63) is 0 Å². The molecule has 0 saturated heterocycles. The molecule has 0 heterocycles. The van der Waals surface area contributed by atoms with Crippen LogP contribution >= 0.6 is 0 Å². The summed E-state index contributed by atoms with van der Waals surface area (Å²) in [5.41, 5.74) is 0. The number of hydrogen-bond acceptors (Lipinski definition) is 3. The van der Waals surface area contributed by atoms with Crippen LogP contribution in [0.3, 0.4) is 0 Å². The van der Waals surface area contributed by atoms with Crippen molar-refractivity contribution in [3.8, 4) is 0 Å². The van der Waals surface area contributed by atoms with Gasteiger partial charge in [-0.05, 0) is 67.8 Å². The molecule has 0 rings (SSSR count). The molecule has 0 fully saturated rings. The van der Waals surface area contributed by atoms with Crippen molar-refractivity contribution in [2.24, 2.45) is 5.92 Å². The Bertz CT molecular complexity index is 108. The summed E-state index contributed by atoms with van der Waals surface area (Å²) >= 11 is 0. The summed E-state index contributed by atoms with van der Waals surface area (Å²) in [5, 5.41) is 0. The van der Waals surface area contributed by atoms with Crippen LogP contribution in [0.15, 0.2) is 0 Å². The van der Waals surface area contributed by atoms with Crippen LogP contribution in [0.5, 0.6) is 0 Å². The zero-order valence-electron chi connectivity index (χ0n) is 16.0. The quantitative estimate of drug-likeness (QED) is 0.783. The molecule has 0 unspecified atom stereocenters. The van der Waals surface area contributed by atoms with E-state index in [1.165, 1.54) is 0 Å². The molecule has 19 heavy (non-hydrogen) atoms. The molecule has 0 spiro atoms. The van der Waals surface area contributed by atoms with Gasteiger partial charge in [0.25, 0.3) is 0 Å². The average molecular weight is 278 g/mol. The lowest BCUT2D eigenvalue weighted by Gasteiger charge is -2.07. The van der Waals surface area contributed by atoms with E-state index in [-0.39, 0.29) is 0 Å². The molecule has 3 nitrogen and oxygen atoms in total. The van der Waals surface area contributed by atoms with Gasteiger partial charge in [-0.3, -0.25) is 0 Å². The molecule has 0 aliphatic carbocycles. The summed E-state index contributed by atoms with van der Waals surface area (Å²) in [6.07, 6.45) is 0. The Hall–Kier alpha value is -0.120. The molecule has 0 saturated carbocycles. The summed E-state index contributed by atoms with van der Waals surface area (Å²) in [6, 6.07) is 0. The fraction of sp³-hybridized carbons (Fsp3) is 1.00. The maximum Gasteiger partial charge on any atom is -0.00504 e. The van der Waals surface area contributed by atoms with Crippen molar-refractivity contribution >= 4 is 0 Å². The number of rotatable bonds is 3. The van der Waals surface area contributed by atoms with Gasteiger partial charge >= 0.3 is 0 Å². The van der Waals surface area contributed by atoms with Crippen LogP contribution < -0.4 is 0 Å². The lowest BCUT2D eigenvalue weighted by Crippen LogP contribution is -2.15. The van der Waals surface area contributed by atoms with Crippen molar-refractivity contribution in [2.45, 2.75) is 41.5 Å². The van der Waals surface area contributed by atoms with E-state index in [2.05, 4.69) is 72.5 Å². The molecule has 0 aliphatic rings. The van der Waals surface area contributed by atoms with Crippen molar-refractivity contribution in [1.82, 2.24) is 14.7 Å². The SMILES string of the molecule is CC(C)C.CCN(C)C.CCN(C)CC.CN(C)C. The molecule has 0 aliphatic heterocycles. The minimum absolute atomic E-state index is 0.833. The van der Waals surface area contributed by atoms with Gasteiger partial charge < -0.3 is 14.7 Å². The van der Waals surface area contributed by atoms with E-state index < -0.39 is 0 Å². The minimum atomic E-state index is 0.833. The van der Waals surface area contributed by atoms with E-state index >= 15 is 0 Å². The minimum Gasteiger partial charge on any atom is -0.312 e. The van der Waals surface area contributed by atoms with E-state index in [0.29, 0.717) is 0 Å². The van der Waals surface area contributed by atoms with Gasteiger partial charge in [0.2, 0.25) is 0 Å². The maximum atomic E-state index is 2.25. The highest BCUT2D eigenvalue weighted by molar-refractivity contribution is 4.36. The van der Waals surface area contributed by atoms with Crippen LogP contribution in [0, 0.1) is 5.92 Å². The first kappa shape index (κ1) is 27.3. The van der Waals surface area contributed by atoms with Crippen molar-refractivity contribution in [2.75, 3.05) is 61.9 Å². The standard InChI is InChI=1S/C5H13N.C4H11N.C4H10.C3H9N/c1-4-6(3)5-2;1-4-5(2)3;2*1-4(2)3/h4-5H2,1-3H3;4H2,1-3H3;4H,1-3H3;1-3H3. The Balaban J connectivity index is -0.0000000803. The largest absolute Gasteiger partial charge is 0.312 e. The molecule has 0 bridgehead atoms. The Morgan fingerprint density at radius 2 is 0.789 bits per heavy atom. The van der Waals surface area contributed by atoms with Crippen LogP contribution in [0.4, 0.5) is 0 Å². The topological polar surface area (TPSA) is 9.72 Å². The first-order chi connectivity index (χ1) is 8.54. The van der Waals surface area contributed by atoms with Gasteiger partial charge in [-0.1, -0.05) is 41.5 Å². The zero-order valence-corrected chi connectivity index (χ0v) is 16.0. The van der Waals surface area contributed by atoms with Gasteiger partial charge in [0.05, 0.1) is 0 Å². The van der Waals surface area contributed by atoms with Gasteiger partial charge in [0.1, 0.15) is 0 Å². The summed E-state index contributed by atoms with van der Waals surface area (Å²) in [7, 11) is 12.2. The van der Waals surface area contributed by atoms with Crippen LogP contribution in [0.1, 0.15) is 41.5 Å². The predicted molar refractivity (Wildman–Crippen MR) is 93.2 cm³/mol. The molecule has 0 radical (unpaired) electrons. The fourth-order valence-corrected chi connectivity index (χ4v) is 0.224. The molecular formula is C16H43N3. The summed E-state index contributed by atoms with van der Waals surface area (Å²) < 4.78 is 0. The highest BCUT2D eigenvalue weighted by Crippen LogP contribution is 1.81. The third kappa shape index (κ3) is 130. The monoisotopic (exact) mass is 277 g/mol. The van der Waals surface area contributed by atoms with Crippen LogP contribution in [0.25, 0.3) is 0 Å². The predicted octanol–water partition coefficient (Wildman–Crippen LogP) is 3.37. The molecule has 0 aromatic carbocycles. The van der Waals surface area contributed by atoms with E-state index in [4.69, 9.17) is 0 Å². The average Bonchev–Trinajstić information content (AvgIpc) is 2.27. The van der Waals surface area contributed by atoms with Crippen molar-refractivity contribution in [1.29, 1.82) is 0 Å². The van der Waals surface area contributed by atoms with E-state index in [9.17, 15) is 0 Å². The van der Waals surface area contributed by atoms with Crippen LogP contribution in [-0.2, 0) is 0 Å².